The van der Waals surface area contributed by atoms with Crippen molar-refractivity contribution in [2.24, 2.45) is 0 Å². The number of aliphatic hydroxyl groups excluding tert-OH is 1. The zero-order chi connectivity index (χ0) is 33.7. The molecule has 0 aromatic heterocycles. The first-order chi connectivity index (χ1) is 21.1. The maximum absolute atomic E-state index is 13.4. The molecule has 2 aromatic carbocycles. The molecule has 0 spiro atoms. The van der Waals surface area contributed by atoms with Crippen molar-refractivity contribution in [3.63, 3.8) is 0 Å². The van der Waals surface area contributed by atoms with Gasteiger partial charge in [0, 0.05) is 69.0 Å². The summed E-state index contributed by atoms with van der Waals surface area (Å²) in [6, 6.07) is 10.2. The van der Waals surface area contributed by atoms with Gasteiger partial charge < -0.3 is 25.5 Å². The maximum atomic E-state index is 13.4. The summed E-state index contributed by atoms with van der Waals surface area (Å²) in [6.07, 6.45) is -1.48. The molecule has 5 N–H and O–H groups in total. The van der Waals surface area contributed by atoms with Crippen LogP contribution < -0.4 is 0 Å². The maximum Gasteiger partial charge on any atom is 0.416 e. The highest BCUT2D eigenvalue weighted by molar-refractivity contribution is 5.90. The fourth-order valence-electron chi connectivity index (χ4n) is 4.92. The van der Waals surface area contributed by atoms with Crippen LogP contribution >= 0.6 is 0 Å². The van der Waals surface area contributed by atoms with E-state index in [1.54, 1.807) is 18.2 Å². The van der Waals surface area contributed by atoms with Gasteiger partial charge in [0.25, 0.3) is 0 Å². The molecule has 1 aliphatic heterocycles. The number of hydrogen-bond acceptors (Lipinski definition) is 7. The Morgan fingerprint density at radius 1 is 0.756 bits per heavy atom. The summed E-state index contributed by atoms with van der Waals surface area (Å²) in [5, 5.41) is 40.4. The van der Waals surface area contributed by atoms with Crippen LogP contribution in [0.1, 0.15) is 40.6 Å². The molecule has 15 heteroatoms. The lowest BCUT2D eigenvalue weighted by Gasteiger charge is -2.38. The number of aliphatic hydroxyl groups is 1. The van der Waals surface area contributed by atoms with E-state index in [9.17, 15) is 36.7 Å². The molecule has 0 saturated carbocycles. The van der Waals surface area contributed by atoms with Gasteiger partial charge in [-0.05, 0) is 47.4 Å². The molecule has 0 bridgehead atoms. The molecule has 2 atom stereocenters. The van der Waals surface area contributed by atoms with Crippen LogP contribution in [0, 0.1) is 5.82 Å². The number of benzene rings is 2. The summed E-state index contributed by atoms with van der Waals surface area (Å²) in [4.78, 5) is 42.7. The number of nitrogens with zero attached hydrogens (tertiary/aromatic N) is 2. The van der Waals surface area contributed by atoms with Gasteiger partial charge in [0.15, 0.2) is 0 Å². The number of fused-ring (bicyclic) bond motifs is 1. The van der Waals surface area contributed by atoms with E-state index in [1.807, 2.05) is 0 Å². The minimum absolute atomic E-state index is 0.0404. The molecule has 0 radical (unpaired) electrons. The van der Waals surface area contributed by atoms with Crippen molar-refractivity contribution in [3.05, 3.63) is 94.8 Å². The summed E-state index contributed by atoms with van der Waals surface area (Å²) in [5.74, 6) is -5.57. The second kappa shape index (κ2) is 17.0. The first-order valence-electron chi connectivity index (χ1n) is 13.4. The van der Waals surface area contributed by atoms with Crippen molar-refractivity contribution in [1.29, 1.82) is 0 Å². The van der Waals surface area contributed by atoms with E-state index in [-0.39, 0.29) is 24.4 Å². The standard InChI is InChI=1S/C22H24F4N2O.2C4H4O4/c23-17-4-1-15(2-5-17)19-14-21(28-9-7-27(8-10-28)11-12-29)18-6-3-16(13-20(18)19)22(24,25)26;2*5-3(6)1-2-4(7)8/h1-6,13,19,21,29H,7-12,14H2;2*1-2H,(H,5,6)(H,7,8)/b;2*2-1-. The summed E-state index contributed by atoms with van der Waals surface area (Å²) >= 11 is 0. The highest BCUT2D eigenvalue weighted by Crippen LogP contribution is 2.48. The largest absolute Gasteiger partial charge is 0.478 e. The number of halogens is 4. The Morgan fingerprint density at radius 3 is 1.67 bits per heavy atom. The van der Waals surface area contributed by atoms with E-state index >= 15 is 0 Å². The molecule has 2 aliphatic rings. The lowest BCUT2D eigenvalue weighted by atomic mass is 9.92. The molecule has 1 aliphatic carbocycles. The van der Waals surface area contributed by atoms with Crippen molar-refractivity contribution in [2.75, 3.05) is 39.3 Å². The fraction of sp³-hybridized carbons (Fsp3) is 0.333. The predicted molar refractivity (Wildman–Crippen MR) is 151 cm³/mol. The zero-order valence-electron chi connectivity index (χ0n) is 23.7. The number of carbonyl (C=O) groups is 4. The number of hydrogen-bond donors (Lipinski definition) is 5. The van der Waals surface area contributed by atoms with E-state index < -0.39 is 35.6 Å². The topological polar surface area (TPSA) is 176 Å². The summed E-state index contributed by atoms with van der Waals surface area (Å²) < 4.78 is 53.3. The minimum Gasteiger partial charge on any atom is -0.478 e. The van der Waals surface area contributed by atoms with Crippen molar-refractivity contribution >= 4 is 23.9 Å². The molecule has 1 fully saturated rings. The van der Waals surface area contributed by atoms with Gasteiger partial charge in [0.1, 0.15) is 5.82 Å². The number of piperazine rings is 1. The van der Waals surface area contributed by atoms with Crippen LogP contribution in [0.5, 0.6) is 0 Å². The second-order valence-electron chi connectivity index (χ2n) is 9.82. The van der Waals surface area contributed by atoms with Gasteiger partial charge in [-0.2, -0.15) is 13.2 Å². The molecule has 1 heterocycles. The Bertz CT molecular complexity index is 1320. The van der Waals surface area contributed by atoms with E-state index in [1.165, 1.54) is 24.3 Å². The third-order valence-electron chi connectivity index (χ3n) is 6.88. The van der Waals surface area contributed by atoms with E-state index in [0.29, 0.717) is 42.8 Å². The molecular weight excluding hydrogens is 608 g/mol. The van der Waals surface area contributed by atoms with Gasteiger partial charge in [-0.3, -0.25) is 9.80 Å². The fourth-order valence-corrected chi connectivity index (χ4v) is 4.92. The summed E-state index contributed by atoms with van der Waals surface area (Å²) in [6.45, 7) is 4.03. The van der Waals surface area contributed by atoms with Gasteiger partial charge in [0.2, 0.25) is 0 Å². The van der Waals surface area contributed by atoms with Gasteiger partial charge in [-0.15, -0.1) is 0 Å². The lowest BCUT2D eigenvalue weighted by Crippen LogP contribution is -2.48. The third-order valence-corrected chi connectivity index (χ3v) is 6.88. The number of carboxylic acids is 4. The van der Waals surface area contributed by atoms with Crippen molar-refractivity contribution in [2.45, 2.75) is 24.6 Å². The summed E-state index contributed by atoms with van der Waals surface area (Å²) in [5.41, 5.74) is 1.82. The minimum atomic E-state index is -4.39. The van der Waals surface area contributed by atoms with E-state index in [4.69, 9.17) is 25.5 Å². The third kappa shape index (κ3) is 12.1. The van der Waals surface area contributed by atoms with Gasteiger partial charge in [0.05, 0.1) is 12.2 Å². The molecule has 0 amide bonds. The molecular formula is C30H32F4N2O9. The number of alkyl halides is 3. The Morgan fingerprint density at radius 2 is 1.24 bits per heavy atom. The molecule has 1 saturated heterocycles. The highest BCUT2D eigenvalue weighted by Gasteiger charge is 2.39. The average Bonchev–Trinajstić information content (AvgIpc) is 3.35. The van der Waals surface area contributed by atoms with Crippen molar-refractivity contribution in [3.8, 4) is 0 Å². The zero-order valence-corrected chi connectivity index (χ0v) is 23.7. The first kappa shape index (κ1) is 36.6. The lowest BCUT2D eigenvalue weighted by molar-refractivity contribution is -0.137. The summed E-state index contributed by atoms with van der Waals surface area (Å²) in [7, 11) is 0. The molecule has 2 aromatic rings. The van der Waals surface area contributed by atoms with Crippen LogP contribution in [-0.2, 0) is 25.4 Å². The SMILES string of the molecule is O=C(O)/C=C\C(=O)O.O=C(O)/C=C\C(=O)O.OCCN1CCN(C2CC(c3ccc(F)cc3)c3cc(C(F)(F)F)ccc32)CC1. The molecule has 45 heavy (non-hydrogen) atoms. The molecule has 4 rings (SSSR count). The van der Waals surface area contributed by atoms with Crippen LogP contribution in [0.3, 0.4) is 0 Å². The average molecular weight is 641 g/mol. The Kier molecular flexibility index (Phi) is 13.9. The number of rotatable bonds is 8. The first-order valence-corrected chi connectivity index (χ1v) is 13.4. The Hall–Kier alpha value is -4.60. The number of aliphatic carboxylic acids is 4. The van der Waals surface area contributed by atoms with E-state index in [2.05, 4.69) is 9.80 Å². The van der Waals surface area contributed by atoms with Gasteiger partial charge in [-0.25, -0.2) is 23.6 Å². The Labute approximate surface area is 254 Å². The van der Waals surface area contributed by atoms with Crippen LogP contribution in [0.4, 0.5) is 17.6 Å². The van der Waals surface area contributed by atoms with Crippen molar-refractivity contribution < 1.29 is 62.3 Å². The Balaban J connectivity index is 0.000000365. The van der Waals surface area contributed by atoms with Crippen LogP contribution in [0.25, 0.3) is 0 Å². The second-order valence-corrected chi connectivity index (χ2v) is 9.82. The quantitative estimate of drug-likeness (QED) is 0.211. The van der Waals surface area contributed by atoms with E-state index in [0.717, 1.165) is 37.3 Å². The number of carboxylic acid groups (broad SMARTS) is 4. The predicted octanol–water partition coefficient (Wildman–Crippen LogP) is 3.45. The van der Waals surface area contributed by atoms with Gasteiger partial charge in [-0.1, -0.05) is 18.2 Å². The molecule has 2 unspecified atom stereocenters. The van der Waals surface area contributed by atoms with Crippen molar-refractivity contribution in [1.82, 2.24) is 9.80 Å². The molecule has 244 valence electrons. The van der Waals surface area contributed by atoms with Crippen LogP contribution in [0.15, 0.2) is 66.8 Å². The normalized spacial score (nSPS) is 18.4. The number of β-amino-alcohol motifs (C(OH)–C–C–N with tert-alkyl or cyclic N) is 1. The molecule has 11 nitrogen and oxygen atoms in total. The highest BCUT2D eigenvalue weighted by atomic mass is 19.4. The smallest absolute Gasteiger partial charge is 0.416 e. The van der Waals surface area contributed by atoms with Crippen LogP contribution in [0.2, 0.25) is 0 Å². The van der Waals surface area contributed by atoms with Crippen LogP contribution in [-0.4, -0.2) is 98.5 Å². The van der Waals surface area contributed by atoms with Gasteiger partial charge >= 0.3 is 30.1 Å². The monoisotopic (exact) mass is 640 g/mol.